The second-order valence-electron chi connectivity index (χ2n) is 6.09. The average molecular weight is 329 g/mol. The van der Waals surface area contributed by atoms with Crippen LogP contribution in [0.2, 0.25) is 0 Å². The lowest BCUT2D eigenvalue weighted by atomic mass is 9.96. The Morgan fingerprint density at radius 3 is 2.48 bits per heavy atom. The molecule has 3 rings (SSSR count). The van der Waals surface area contributed by atoms with E-state index in [9.17, 15) is 10.1 Å². The van der Waals surface area contributed by atoms with Crippen LogP contribution in [0.1, 0.15) is 37.2 Å². The Labute approximate surface area is 136 Å². The first-order valence-corrected chi connectivity index (χ1v) is 7.81. The summed E-state index contributed by atoms with van der Waals surface area (Å²) in [7, 11) is 0. The van der Waals surface area contributed by atoms with E-state index in [-0.39, 0.29) is 11.1 Å². The highest BCUT2D eigenvalue weighted by Gasteiger charge is 2.22. The van der Waals surface area contributed by atoms with Gasteiger partial charge in [0.15, 0.2) is 5.82 Å². The van der Waals surface area contributed by atoms with Gasteiger partial charge in [-0.15, -0.1) is 10.2 Å². The van der Waals surface area contributed by atoms with Gasteiger partial charge in [-0.2, -0.15) is 9.61 Å². The molecule has 0 atom stereocenters. The molecule has 1 aromatic carbocycles. The fourth-order valence-electron chi connectivity index (χ4n) is 2.04. The third-order valence-corrected chi connectivity index (χ3v) is 4.06. The lowest BCUT2D eigenvalue weighted by Gasteiger charge is -2.13. The molecule has 0 saturated carbocycles. The molecule has 8 heteroatoms. The zero-order valence-electron chi connectivity index (χ0n) is 12.9. The van der Waals surface area contributed by atoms with Crippen molar-refractivity contribution in [2.45, 2.75) is 26.2 Å². The molecule has 0 spiro atoms. The fraction of sp³-hybridized carbons (Fsp3) is 0.267. The van der Waals surface area contributed by atoms with Crippen molar-refractivity contribution in [2.75, 3.05) is 0 Å². The number of nitro benzene ring substituents is 1. The van der Waals surface area contributed by atoms with Gasteiger partial charge in [-0.1, -0.05) is 38.2 Å². The van der Waals surface area contributed by atoms with Crippen LogP contribution in [0.4, 0.5) is 5.69 Å². The Morgan fingerprint density at radius 1 is 1.17 bits per heavy atom. The Morgan fingerprint density at radius 2 is 1.87 bits per heavy atom. The lowest BCUT2D eigenvalue weighted by molar-refractivity contribution is -0.384. The van der Waals surface area contributed by atoms with E-state index in [1.165, 1.54) is 23.5 Å². The Kier molecular flexibility index (Phi) is 3.69. The number of non-ortho nitro benzene ring substituents is 1. The first-order valence-electron chi connectivity index (χ1n) is 7.00. The van der Waals surface area contributed by atoms with E-state index in [1.807, 2.05) is 12.2 Å². The maximum absolute atomic E-state index is 10.6. The summed E-state index contributed by atoms with van der Waals surface area (Å²) in [6, 6.07) is 6.37. The van der Waals surface area contributed by atoms with Gasteiger partial charge in [0.05, 0.1) is 4.92 Å². The van der Waals surface area contributed by atoms with Gasteiger partial charge >= 0.3 is 0 Å². The SMILES string of the molecule is CC(C)(C)c1nnc2sc(C=Cc3ccc([N+](=O)[O-])cc3)nn12. The molecule has 2 heterocycles. The smallest absolute Gasteiger partial charge is 0.258 e. The van der Waals surface area contributed by atoms with Crippen molar-refractivity contribution in [1.29, 1.82) is 0 Å². The predicted molar refractivity (Wildman–Crippen MR) is 89.4 cm³/mol. The fourth-order valence-corrected chi connectivity index (χ4v) is 2.78. The average Bonchev–Trinajstić information content (AvgIpc) is 3.04. The zero-order valence-corrected chi connectivity index (χ0v) is 13.7. The predicted octanol–water partition coefficient (Wildman–Crippen LogP) is 3.56. The summed E-state index contributed by atoms with van der Waals surface area (Å²) in [5.74, 6) is 0.818. The van der Waals surface area contributed by atoms with Gasteiger partial charge in [0, 0.05) is 17.5 Å². The summed E-state index contributed by atoms with van der Waals surface area (Å²) in [5.41, 5.74) is 0.820. The molecule has 0 amide bonds. The quantitative estimate of drug-likeness (QED) is 0.541. The standard InChI is InChI=1S/C15H15N5O2S/c1-15(2,3)13-16-17-14-19(13)18-12(23-14)9-6-10-4-7-11(8-5-10)20(21)22/h4-9H,1-3H3. The van der Waals surface area contributed by atoms with E-state index in [4.69, 9.17) is 0 Å². The molecule has 0 fully saturated rings. The van der Waals surface area contributed by atoms with Crippen molar-refractivity contribution in [3.8, 4) is 0 Å². The Hall–Kier alpha value is -2.61. The zero-order chi connectivity index (χ0) is 16.6. The second kappa shape index (κ2) is 5.54. The minimum Gasteiger partial charge on any atom is -0.258 e. The van der Waals surface area contributed by atoms with E-state index in [0.29, 0.717) is 0 Å². The topological polar surface area (TPSA) is 86.2 Å². The highest BCUT2D eigenvalue weighted by Crippen LogP contribution is 2.24. The van der Waals surface area contributed by atoms with Crippen LogP contribution in [0.25, 0.3) is 17.1 Å². The molecule has 0 unspecified atom stereocenters. The van der Waals surface area contributed by atoms with Crippen LogP contribution < -0.4 is 0 Å². The third-order valence-electron chi connectivity index (χ3n) is 3.20. The van der Waals surface area contributed by atoms with Gasteiger partial charge in [0.2, 0.25) is 4.96 Å². The van der Waals surface area contributed by atoms with Gasteiger partial charge in [0.1, 0.15) is 5.01 Å². The van der Waals surface area contributed by atoms with Gasteiger partial charge in [-0.25, -0.2) is 0 Å². The number of nitro groups is 1. The van der Waals surface area contributed by atoms with E-state index < -0.39 is 4.92 Å². The number of rotatable bonds is 3. The Bertz CT molecular complexity index is 887. The first kappa shape index (κ1) is 15.3. The molecular formula is C15H15N5O2S. The van der Waals surface area contributed by atoms with Crippen molar-refractivity contribution in [2.24, 2.45) is 0 Å². The van der Waals surface area contributed by atoms with Crippen molar-refractivity contribution in [1.82, 2.24) is 19.8 Å². The number of hydrogen-bond donors (Lipinski definition) is 0. The normalized spacial score (nSPS) is 12.3. The highest BCUT2D eigenvalue weighted by molar-refractivity contribution is 7.17. The van der Waals surface area contributed by atoms with Gasteiger partial charge in [-0.3, -0.25) is 10.1 Å². The van der Waals surface area contributed by atoms with Crippen LogP contribution in [0.15, 0.2) is 24.3 Å². The monoisotopic (exact) mass is 329 g/mol. The number of hydrogen-bond acceptors (Lipinski definition) is 6. The minimum atomic E-state index is -0.412. The highest BCUT2D eigenvalue weighted by atomic mass is 32.1. The van der Waals surface area contributed by atoms with Crippen LogP contribution in [0, 0.1) is 10.1 Å². The number of fused-ring (bicyclic) bond motifs is 1. The molecule has 3 aromatic rings. The van der Waals surface area contributed by atoms with E-state index in [1.54, 1.807) is 16.6 Å². The van der Waals surface area contributed by atoms with Gasteiger partial charge < -0.3 is 0 Å². The van der Waals surface area contributed by atoms with Crippen molar-refractivity contribution < 1.29 is 4.92 Å². The molecular weight excluding hydrogens is 314 g/mol. The Balaban J connectivity index is 1.86. The number of nitrogens with zero attached hydrogens (tertiary/aromatic N) is 5. The summed E-state index contributed by atoms with van der Waals surface area (Å²) in [6.07, 6.45) is 3.74. The van der Waals surface area contributed by atoms with Crippen LogP contribution >= 0.6 is 11.3 Å². The summed E-state index contributed by atoms with van der Waals surface area (Å²) in [4.78, 5) is 11.0. The summed E-state index contributed by atoms with van der Waals surface area (Å²) < 4.78 is 1.76. The molecule has 0 aliphatic heterocycles. The lowest BCUT2D eigenvalue weighted by Crippen LogP contribution is -2.16. The van der Waals surface area contributed by atoms with E-state index in [0.717, 1.165) is 21.4 Å². The van der Waals surface area contributed by atoms with Crippen LogP contribution in [0.3, 0.4) is 0 Å². The molecule has 7 nitrogen and oxygen atoms in total. The largest absolute Gasteiger partial charge is 0.269 e. The van der Waals surface area contributed by atoms with Crippen LogP contribution in [-0.2, 0) is 5.41 Å². The molecule has 0 saturated heterocycles. The summed E-state index contributed by atoms with van der Waals surface area (Å²) in [5, 5.41) is 24.3. The molecule has 118 valence electrons. The maximum atomic E-state index is 10.6. The van der Waals surface area contributed by atoms with Gasteiger partial charge in [-0.05, 0) is 23.8 Å². The summed E-state index contributed by atoms with van der Waals surface area (Å²) in [6.45, 7) is 6.19. The number of aromatic nitrogens is 4. The van der Waals surface area contributed by atoms with E-state index >= 15 is 0 Å². The summed E-state index contributed by atoms with van der Waals surface area (Å²) >= 11 is 1.44. The molecule has 0 N–H and O–H groups in total. The minimum absolute atomic E-state index is 0.0794. The molecule has 0 radical (unpaired) electrons. The molecule has 23 heavy (non-hydrogen) atoms. The number of benzene rings is 1. The van der Waals surface area contributed by atoms with Crippen molar-refractivity contribution in [3.63, 3.8) is 0 Å². The van der Waals surface area contributed by atoms with Crippen molar-refractivity contribution >= 4 is 34.1 Å². The van der Waals surface area contributed by atoms with Crippen LogP contribution in [0.5, 0.6) is 0 Å². The van der Waals surface area contributed by atoms with E-state index in [2.05, 4.69) is 36.1 Å². The first-order chi connectivity index (χ1) is 10.8. The second-order valence-corrected chi connectivity index (χ2v) is 7.08. The van der Waals surface area contributed by atoms with Crippen LogP contribution in [-0.4, -0.2) is 24.7 Å². The maximum Gasteiger partial charge on any atom is 0.269 e. The molecule has 0 aliphatic rings. The molecule has 0 aliphatic carbocycles. The van der Waals surface area contributed by atoms with Gasteiger partial charge in [0.25, 0.3) is 5.69 Å². The molecule has 2 aromatic heterocycles. The molecule has 0 bridgehead atoms. The van der Waals surface area contributed by atoms with Crippen molar-refractivity contribution in [3.05, 3.63) is 50.8 Å². The third kappa shape index (κ3) is 3.11.